The molecule has 0 bridgehead atoms. The minimum Gasteiger partial charge on any atom is -0.457 e. The predicted molar refractivity (Wildman–Crippen MR) is 124 cm³/mol. The van der Waals surface area contributed by atoms with Crippen molar-refractivity contribution in [3.63, 3.8) is 0 Å². The van der Waals surface area contributed by atoms with Crippen LogP contribution in [0.1, 0.15) is 31.9 Å². The van der Waals surface area contributed by atoms with Gasteiger partial charge in [-0.15, -0.1) is 0 Å². The van der Waals surface area contributed by atoms with E-state index >= 15 is 0 Å². The zero-order valence-corrected chi connectivity index (χ0v) is 19.6. The van der Waals surface area contributed by atoms with Crippen molar-refractivity contribution in [2.24, 2.45) is 23.0 Å². The fourth-order valence-electron chi connectivity index (χ4n) is 3.69. The summed E-state index contributed by atoms with van der Waals surface area (Å²) in [7, 11) is 0. The van der Waals surface area contributed by atoms with Crippen LogP contribution in [0.3, 0.4) is 0 Å². The van der Waals surface area contributed by atoms with E-state index in [1.807, 2.05) is 44.2 Å². The lowest BCUT2D eigenvalue weighted by atomic mass is 10.1. The number of esters is 1. The number of hydrogen-bond acceptors (Lipinski definition) is 4. The Kier molecular flexibility index (Phi) is 6.87. The van der Waals surface area contributed by atoms with Crippen molar-refractivity contribution in [2.75, 3.05) is 0 Å². The van der Waals surface area contributed by atoms with Crippen LogP contribution in [0, 0.1) is 17.3 Å². The first-order chi connectivity index (χ1) is 14.0. The van der Waals surface area contributed by atoms with Gasteiger partial charge in [-0.05, 0) is 42.0 Å². The molecule has 0 saturated heterocycles. The van der Waals surface area contributed by atoms with Crippen molar-refractivity contribution in [1.29, 1.82) is 0 Å². The molecule has 8 heteroatoms. The number of carbonyl (C=O) groups excluding carboxylic acids is 1. The van der Waals surface area contributed by atoms with E-state index in [0.717, 1.165) is 0 Å². The van der Waals surface area contributed by atoms with E-state index in [1.165, 1.54) is 0 Å². The molecule has 0 spiro atoms. The second-order valence-corrected chi connectivity index (χ2v) is 10.9. The van der Waals surface area contributed by atoms with Gasteiger partial charge in [0.05, 0.1) is 5.92 Å². The second-order valence-electron chi connectivity index (χ2n) is 7.93. The number of halogens is 3. The summed E-state index contributed by atoms with van der Waals surface area (Å²) in [5.41, 5.74) is 6.19. The Morgan fingerprint density at radius 3 is 2.37 bits per heavy atom. The van der Waals surface area contributed by atoms with E-state index in [1.54, 1.807) is 24.3 Å². The molecular formula is C22H22Cl3NO3S. The highest BCUT2D eigenvalue weighted by atomic mass is 35.6. The average molecular weight is 487 g/mol. The number of thiocarbonyl (C=S) groups is 1. The number of nitrogens with two attached hydrogens (primary N) is 1. The summed E-state index contributed by atoms with van der Waals surface area (Å²) in [6.45, 7) is 3.90. The first kappa shape index (κ1) is 23.1. The largest absolute Gasteiger partial charge is 0.457 e. The van der Waals surface area contributed by atoms with E-state index in [4.69, 9.17) is 62.2 Å². The molecule has 160 valence electrons. The van der Waals surface area contributed by atoms with Crippen LogP contribution in [0.15, 0.2) is 54.6 Å². The molecule has 3 atom stereocenters. The lowest BCUT2D eigenvalue weighted by molar-refractivity contribution is -0.149. The topological polar surface area (TPSA) is 61.5 Å². The maximum absolute atomic E-state index is 12.9. The molecule has 0 aliphatic heterocycles. The third kappa shape index (κ3) is 5.58. The monoisotopic (exact) mass is 485 g/mol. The van der Waals surface area contributed by atoms with Crippen LogP contribution in [0.5, 0.6) is 11.5 Å². The Bertz CT molecular complexity index is 931. The van der Waals surface area contributed by atoms with Crippen LogP contribution in [0.4, 0.5) is 0 Å². The molecule has 3 rings (SSSR count). The van der Waals surface area contributed by atoms with Gasteiger partial charge in [0, 0.05) is 5.56 Å². The van der Waals surface area contributed by atoms with E-state index in [0.29, 0.717) is 17.1 Å². The Morgan fingerprint density at radius 1 is 1.13 bits per heavy atom. The molecule has 1 fully saturated rings. The summed E-state index contributed by atoms with van der Waals surface area (Å²) in [6, 6.07) is 16.5. The van der Waals surface area contributed by atoms with Gasteiger partial charge >= 0.3 is 5.97 Å². The van der Waals surface area contributed by atoms with Crippen molar-refractivity contribution in [2.45, 2.75) is 30.2 Å². The van der Waals surface area contributed by atoms with Crippen molar-refractivity contribution < 1.29 is 14.3 Å². The lowest BCUT2D eigenvalue weighted by Crippen LogP contribution is -2.26. The summed E-state index contributed by atoms with van der Waals surface area (Å²) in [5.74, 6) is 0.363. The van der Waals surface area contributed by atoms with Crippen molar-refractivity contribution in [3.05, 3.63) is 60.2 Å². The molecule has 1 unspecified atom stereocenters. The maximum Gasteiger partial charge on any atom is 0.310 e. The maximum atomic E-state index is 12.9. The minimum absolute atomic E-state index is 0.0524. The molecule has 0 radical (unpaired) electrons. The van der Waals surface area contributed by atoms with E-state index in [9.17, 15) is 4.79 Å². The Morgan fingerprint density at radius 2 is 1.77 bits per heavy atom. The zero-order chi connectivity index (χ0) is 22.1. The number of benzene rings is 2. The number of ether oxygens (including phenoxy) is 2. The molecule has 2 aromatic carbocycles. The zero-order valence-electron chi connectivity index (χ0n) is 16.5. The first-order valence-electron chi connectivity index (χ1n) is 9.38. The van der Waals surface area contributed by atoms with Crippen LogP contribution in [-0.4, -0.2) is 14.8 Å². The van der Waals surface area contributed by atoms with Crippen molar-refractivity contribution in [3.8, 4) is 11.5 Å². The lowest BCUT2D eigenvalue weighted by Gasteiger charge is -2.18. The number of hydrogen-bond donors (Lipinski definition) is 1. The number of alkyl halides is 3. The second kappa shape index (κ2) is 8.91. The SMILES string of the molecule is CC1(C)[C@H](CC(Cl)(Cl)Cl)[C@H]1C(=O)OC(C(N)=S)c1cccc(Oc2ccccc2)c1. The summed E-state index contributed by atoms with van der Waals surface area (Å²) in [6.07, 6.45) is -0.612. The molecule has 0 amide bonds. The standard InChI is InChI=1S/C22H22Cl3NO3S/c1-21(2)16(12-22(23,24)25)17(21)20(27)29-18(19(26)30)13-7-6-10-15(11-13)28-14-8-4-3-5-9-14/h3-11,16-18H,12H2,1-2H3,(H2,26,30)/t16-,17+,18?/m1/s1. The molecule has 1 aliphatic carbocycles. The third-order valence-corrected chi connectivity index (χ3v) is 6.06. The summed E-state index contributed by atoms with van der Waals surface area (Å²) in [4.78, 5) is 12.9. The van der Waals surface area contributed by atoms with Gasteiger partial charge < -0.3 is 15.2 Å². The van der Waals surface area contributed by atoms with E-state index in [2.05, 4.69) is 0 Å². The van der Waals surface area contributed by atoms with Gasteiger partial charge in [-0.1, -0.05) is 91.2 Å². The first-order valence-corrected chi connectivity index (χ1v) is 10.9. The van der Waals surface area contributed by atoms with E-state index < -0.39 is 21.8 Å². The van der Waals surface area contributed by atoms with Gasteiger partial charge in [0.15, 0.2) is 9.90 Å². The predicted octanol–water partition coefficient (Wildman–Crippen LogP) is 6.38. The highest BCUT2D eigenvalue weighted by molar-refractivity contribution is 7.80. The molecule has 1 saturated carbocycles. The van der Waals surface area contributed by atoms with Gasteiger partial charge in [0.2, 0.25) is 0 Å². The molecule has 0 aromatic heterocycles. The van der Waals surface area contributed by atoms with Gasteiger partial charge in [-0.2, -0.15) is 0 Å². The summed E-state index contributed by atoms with van der Waals surface area (Å²) < 4.78 is 10.1. The van der Waals surface area contributed by atoms with Crippen LogP contribution in [0.2, 0.25) is 0 Å². The fraction of sp³-hybridized carbons (Fsp3) is 0.364. The summed E-state index contributed by atoms with van der Waals surface area (Å²) >= 11 is 22.9. The van der Waals surface area contributed by atoms with Gasteiger partial charge in [0.1, 0.15) is 16.5 Å². The fourth-order valence-corrected chi connectivity index (χ4v) is 4.37. The normalized spacial score (nSPS) is 20.8. The Hall–Kier alpha value is -1.53. The Balaban J connectivity index is 1.75. The molecule has 0 heterocycles. The number of rotatable bonds is 7. The van der Waals surface area contributed by atoms with Crippen LogP contribution < -0.4 is 10.5 Å². The highest BCUT2D eigenvalue weighted by Gasteiger charge is 2.64. The van der Waals surface area contributed by atoms with Crippen LogP contribution in [-0.2, 0) is 9.53 Å². The number of carbonyl (C=O) groups is 1. The van der Waals surface area contributed by atoms with Gasteiger partial charge in [-0.3, -0.25) is 4.79 Å². The quantitative estimate of drug-likeness (QED) is 0.279. The molecule has 2 N–H and O–H groups in total. The molecule has 30 heavy (non-hydrogen) atoms. The molecule has 2 aromatic rings. The third-order valence-electron chi connectivity index (χ3n) is 5.39. The summed E-state index contributed by atoms with van der Waals surface area (Å²) in [5, 5.41) is 0. The minimum atomic E-state index is -1.43. The van der Waals surface area contributed by atoms with Gasteiger partial charge in [0.25, 0.3) is 0 Å². The van der Waals surface area contributed by atoms with Gasteiger partial charge in [-0.25, -0.2) is 0 Å². The molecule has 4 nitrogen and oxygen atoms in total. The van der Waals surface area contributed by atoms with Crippen LogP contribution in [0.25, 0.3) is 0 Å². The van der Waals surface area contributed by atoms with E-state index in [-0.39, 0.29) is 22.7 Å². The Labute approximate surface area is 196 Å². The van der Waals surface area contributed by atoms with Crippen molar-refractivity contribution >= 4 is 58.0 Å². The average Bonchev–Trinajstić information content (AvgIpc) is 3.18. The smallest absolute Gasteiger partial charge is 0.310 e. The van der Waals surface area contributed by atoms with Crippen LogP contribution >= 0.6 is 47.0 Å². The number of para-hydroxylation sites is 1. The molecular weight excluding hydrogens is 465 g/mol. The highest BCUT2D eigenvalue weighted by Crippen LogP contribution is 2.63. The molecule has 1 aliphatic rings. The van der Waals surface area contributed by atoms with Crippen molar-refractivity contribution in [1.82, 2.24) is 0 Å².